The summed E-state index contributed by atoms with van der Waals surface area (Å²) in [6, 6.07) is 21.2. The van der Waals surface area contributed by atoms with Crippen LogP contribution in [-0.2, 0) is 0 Å². The fourth-order valence-corrected chi connectivity index (χ4v) is 2.74. The van der Waals surface area contributed by atoms with Crippen LogP contribution in [-0.4, -0.2) is 9.97 Å². The zero-order chi connectivity index (χ0) is 16.5. The number of aromatic nitrogens is 2. The second-order valence-corrected chi connectivity index (χ2v) is 5.52. The van der Waals surface area contributed by atoms with E-state index in [9.17, 15) is 9.18 Å². The van der Waals surface area contributed by atoms with Gasteiger partial charge in [0.1, 0.15) is 11.6 Å². The van der Waals surface area contributed by atoms with E-state index in [1.165, 1.54) is 12.1 Å². The minimum absolute atomic E-state index is 0.174. The molecule has 4 aromatic rings. The Bertz CT molecular complexity index is 1100. The van der Waals surface area contributed by atoms with Crippen LogP contribution in [0, 0.1) is 5.82 Å². The number of fused-ring (bicyclic) bond motifs is 1. The molecule has 0 bridgehead atoms. The van der Waals surface area contributed by atoms with Gasteiger partial charge in [-0.25, -0.2) is 9.37 Å². The highest BCUT2D eigenvalue weighted by atomic mass is 19.1. The second kappa shape index (κ2) is 5.74. The van der Waals surface area contributed by atoms with Gasteiger partial charge in [0.15, 0.2) is 0 Å². The van der Waals surface area contributed by atoms with Gasteiger partial charge in [-0.2, -0.15) is 0 Å². The maximum atomic E-state index is 13.4. The quantitative estimate of drug-likeness (QED) is 0.596. The van der Waals surface area contributed by atoms with Gasteiger partial charge in [-0.15, -0.1) is 0 Å². The predicted octanol–water partition coefficient (Wildman–Crippen LogP) is 4.40. The van der Waals surface area contributed by atoms with E-state index in [0.717, 1.165) is 16.7 Å². The van der Waals surface area contributed by atoms with E-state index < -0.39 is 0 Å². The van der Waals surface area contributed by atoms with Crippen molar-refractivity contribution >= 4 is 10.9 Å². The van der Waals surface area contributed by atoms with Crippen molar-refractivity contribution in [1.82, 2.24) is 9.97 Å². The highest BCUT2D eigenvalue weighted by molar-refractivity contribution is 5.80. The Morgan fingerprint density at radius 1 is 0.792 bits per heavy atom. The minimum atomic E-state index is -0.282. The van der Waals surface area contributed by atoms with Gasteiger partial charge < -0.3 is 4.98 Å². The molecule has 116 valence electrons. The topological polar surface area (TPSA) is 45.8 Å². The first-order valence-corrected chi connectivity index (χ1v) is 7.56. The zero-order valence-electron chi connectivity index (χ0n) is 12.7. The molecular formula is C20H13FN2O. The average Bonchev–Trinajstić information content (AvgIpc) is 2.62. The average molecular weight is 316 g/mol. The summed E-state index contributed by atoms with van der Waals surface area (Å²) in [7, 11) is 0. The molecule has 0 unspecified atom stereocenters. The van der Waals surface area contributed by atoms with E-state index in [1.54, 1.807) is 12.1 Å². The van der Waals surface area contributed by atoms with Gasteiger partial charge in [-0.3, -0.25) is 4.79 Å². The maximum absolute atomic E-state index is 13.4. The molecule has 0 radical (unpaired) electrons. The minimum Gasteiger partial charge on any atom is -0.306 e. The molecule has 24 heavy (non-hydrogen) atoms. The number of benzene rings is 3. The molecule has 0 aliphatic heterocycles. The van der Waals surface area contributed by atoms with Crippen LogP contribution in [0.2, 0.25) is 0 Å². The van der Waals surface area contributed by atoms with E-state index in [2.05, 4.69) is 9.97 Å². The summed E-state index contributed by atoms with van der Waals surface area (Å²) in [6.07, 6.45) is 0. The maximum Gasteiger partial charge on any atom is 0.259 e. The van der Waals surface area contributed by atoms with Crippen LogP contribution < -0.4 is 5.56 Å². The SMILES string of the molecule is O=c1[nH]c(-c2cccc(-c3cccc(F)c3)c2)nc2ccccc12. The van der Waals surface area contributed by atoms with E-state index >= 15 is 0 Å². The number of nitrogens with zero attached hydrogens (tertiary/aromatic N) is 1. The van der Waals surface area contributed by atoms with E-state index in [4.69, 9.17) is 0 Å². The number of aromatic amines is 1. The Labute approximate surface area is 137 Å². The monoisotopic (exact) mass is 316 g/mol. The number of nitrogens with one attached hydrogen (secondary N) is 1. The first-order chi connectivity index (χ1) is 11.7. The molecule has 3 aromatic carbocycles. The molecule has 0 saturated carbocycles. The lowest BCUT2D eigenvalue weighted by atomic mass is 10.0. The fraction of sp³-hybridized carbons (Fsp3) is 0. The molecule has 4 heteroatoms. The van der Waals surface area contributed by atoms with Gasteiger partial charge in [0.05, 0.1) is 10.9 Å². The molecule has 3 nitrogen and oxygen atoms in total. The summed E-state index contributed by atoms with van der Waals surface area (Å²) in [4.78, 5) is 19.6. The largest absolute Gasteiger partial charge is 0.306 e. The summed E-state index contributed by atoms with van der Waals surface area (Å²) in [5.41, 5.74) is 2.89. The molecule has 0 fully saturated rings. The Kier molecular flexibility index (Phi) is 3.43. The van der Waals surface area contributed by atoms with E-state index in [-0.39, 0.29) is 11.4 Å². The lowest BCUT2D eigenvalue weighted by Gasteiger charge is -2.06. The van der Waals surface area contributed by atoms with Gasteiger partial charge >= 0.3 is 0 Å². The highest BCUT2D eigenvalue weighted by Gasteiger charge is 2.07. The van der Waals surface area contributed by atoms with Crippen LogP contribution in [0.15, 0.2) is 77.6 Å². The second-order valence-electron chi connectivity index (χ2n) is 5.52. The third-order valence-corrected chi connectivity index (χ3v) is 3.91. The number of hydrogen-bond acceptors (Lipinski definition) is 2. The zero-order valence-corrected chi connectivity index (χ0v) is 12.7. The van der Waals surface area contributed by atoms with E-state index in [1.807, 2.05) is 48.5 Å². The molecule has 0 amide bonds. The highest BCUT2D eigenvalue weighted by Crippen LogP contribution is 2.25. The van der Waals surface area contributed by atoms with Crippen molar-refractivity contribution in [2.24, 2.45) is 0 Å². The number of H-pyrrole nitrogens is 1. The standard InChI is InChI=1S/C20H13FN2O/c21-16-8-4-6-14(12-16)13-5-3-7-15(11-13)19-22-18-10-2-1-9-17(18)20(24)23-19/h1-12H,(H,22,23,24). The number of rotatable bonds is 2. The Morgan fingerprint density at radius 2 is 1.50 bits per heavy atom. The first kappa shape index (κ1) is 14.3. The van der Waals surface area contributed by atoms with Crippen LogP contribution in [0.4, 0.5) is 4.39 Å². The number of hydrogen-bond donors (Lipinski definition) is 1. The number of para-hydroxylation sites is 1. The number of halogens is 1. The smallest absolute Gasteiger partial charge is 0.259 e. The van der Waals surface area contributed by atoms with E-state index in [0.29, 0.717) is 16.7 Å². The molecule has 1 heterocycles. The van der Waals surface area contributed by atoms with Gasteiger partial charge in [0.25, 0.3) is 5.56 Å². The molecule has 1 N–H and O–H groups in total. The van der Waals surface area contributed by atoms with Crippen molar-refractivity contribution < 1.29 is 4.39 Å². The summed E-state index contributed by atoms with van der Waals surface area (Å²) in [6.45, 7) is 0. The fourth-order valence-electron chi connectivity index (χ4n) is 2.74. The van der Waals surface area contributed by atoms with Crippen LogP contribution in [0.3, 0.4) is 0 Å². The summed E-state index contributed by atoms with van der Waals surface area (Å²) in [5, 5.41) is 0.558. The van der Waals surface area contributed by atoms with Crippen molar-refractivity contribution in [3.05, 3.63) is 89.0 Å². The molecule has 0 spiro atoms. The molecule has 4 rings (SSSR count). The van der Waals surface area contributed by atoms with Crippen molar-refractivity contribution in [1.29, 1.82) is 0 Å². The van der Waals surface area contributed by atoms with Crippen molar-refractivity contribution in [3.8, 4) is 22.5 Å². The molecule has 0 atom stereocenters. The normalized spacial score (nSPS) is 10.9. The van der Waals surface area contributed by atoms with Crippen molar-refractivity contribution in [2.45, 2.75) is 0 Å². The first-order valence-electron chi connectivity index (χ1n) is 7.56. The third-order valence-electron chi connectivity index (χ3n) is 3.91. The molecular weight excluding hydrogens is 303 g/mol. The predicted molar refractivity (Wildman–Crippen MR) is 93.2 cm³/mol. The van der Waals surface area contributed by atoms with Gasteiger partial charge in [-0.05, 0) is 41.5 Å². The molecule has 0 aliphatic carbocycles. The lowest BCUT2D eigenvalue weighted by molar-refractivity contribution is 0.628. The van der Waals surface area contributed by atoms with Gasteiger partial charge in [0, 0.05) is 5.56 Å². The molecule has 1 aromatic heterocycles. The molecule has 0 saturated heterocycles. The van der Waals surface area contributed by atoms with Crippen LogP contribution in [0.5, 0.6) is 0 Å². The lowest BCUT2D eigenvalue weighted by Crippen LogP contribution is -2.09. The van der Waals surface area contributed by atoms with Crippen LogP contribution in [0.25, 0.3) is 33.4 Å². The van der Waals surface area contributed by atoms with Gasteiger partial charge in [0.2, 0.25) is 0 Å². The Hall–Kier alpha value is -3.27. The van der Waals surface area contributed by atoms with Crippen LogP contribution in [0.1, 0.15) is 0 Å². The third kappa shape index (κ3) is 2.58. The van der Waals surface area contributed by atoms with Crippen LogP contribution >= 0.6 is 0 Å². The Balaban J connectivity index is 1.86. The molecule has 0 aliphatic rings. The summed E-state index contributed by atoms with van der Waals surface area (Å²) in [5.74, 6) is 0.215. The summed E-state index contributed by atoms with van der Waals surface area (Å²) < 4.78 is 13.4. The summed E-state index contributed by atoms with van der Waals surface area (Å²) >= 11 is 0. The Morgan fingerprint density at radius 3 is 2.33 bits per heavy atom. The van der Waals surface area contributed by atoms with Crippen molar-refractivity contribution in [3.63, 3.8) is 0 Å². The van der Waals surface area contributed by atoms with Crippen molar-refractivity contribution in [2.75, 3.05) is 0 Å². The van der Waals surface area contributed by atoms with Gasteiger partial charge in [-0.1, -0.05) is 42.5 Å².